The minimum absolute atomic E-state index is 0.196. The molecule has 0 bridgehead atoms. The van der Waals surface area contributed by atoms with Crippen molar-refractivity contribution in [3.8, 4) is 0 Å². The number of hydrogen-bond donors (Lipinski definition) is 3. The van der Waals surface area contributed by atoms with Crippen LogP contribution in [0, 0.1) is 11.8 Å². The maximum atomic E-state index is 10.9. The summed E-state index contributed by atoms with van der Waals surface area (Å²) < 4.78 is 1.94. The Labute approximate surface area is 136 Å². The number of likely N-dealkylation sites (tertiary alicyclic amines) is 1. The summed E-state index contributed by atoms with van der Waals surface area (Å²) in [7, 11) is 2.14. The minimum atomic E-state index is -0.992. The van der Waals surface area contributed by atoms with E-state index >= 15 is 0 Å². The van der Waals surface area contributed by atoms with Gasteiger partial charge < -0.3 is 20.4 Å². The second-order valence-corrected chi connectivity index (χ2v) is 6.19. The summed E-state index contributed by atoms with van der Waals surface area (Å²) in [4.78, 5) is 21.6. The fraction of sp³-hybridized carbons (Fsp3) is 0.667. The highest BCUT2D eigenvalue weighted by molar-refractivity contribution is 5.65. The number of carbonyl (C=O) groups is 2. The zero-order valence-electron chi connectivity index (χ0n) is 13.8. The highest BCUT2D eigenvalue weighted by atomic mass is 16.4. The molecule has 2 heterocycles. The van der Waals surface area contributed by atoms with Crippen molar-refractivity contribution in [3.05, 3.63) is 18.0 Å². The summed E-state index contributed by atoms with van der Waals surface area (Å²) in [5.41, 5.74) is 0.939. The van der Waals surface area contributed by atoms with Gasteiger partial charge in [-0.3, -0.25) is 9.48 Å². The molecule has 8 heteroatoms. The lowest BCUT2D eigenvalue weighted by atomic mass is 9.99. The zero-order valence-corrected chi connectivity index (χ0v) is 13.8. The number of rotatable bonds is 5. The van der Waals surface area contributed by atoms with Crippen LogP contribution >= 0.6 is 0 Å². The van der Waals surface area contributed by atoms with Crippen molar-refractivity contribution in [3.63, 3.8) is 0 Å². The Bertz CT molecular complexity index is 503. The van der Waals surface area contributed by atoms with Crippen molar-refractivity contribution in [2.75, 3.05) is 20.1 Å². The van der Waals surface area contributed by atoms with Gasteiger partial charge in [-0.2, -0.15) is 5.10 Å². The molecule has 130 valence electrons. The van der Waals surface area contributed by atoms with Crippen molar-refractivity contribution in [1.82, 2.24) is 20.0 Å². The van der Waals surface area contributed by atoms with Gasteiger partial charge in [-0.05, 0) is 31.8 Å². The molecule has 0 aliphatic carbocycles. The molecule has 0 saturated carbocycles. The van der Waals surface area contributed by atoms with Crippen molar-refractivity contribution < 1.29 is 19.8 Å². The fourth-order valence-corrected chi connectivity index (χ4v) is 2.85. The van der Waals surface area contributed by atoms with Gasteiger partial charge in [0.25, 0.3) is 6.47 Å². The Morgan fingerprint density at radius 2 is 2.22 bits per heavy atom. The monoisotopic (exact) mass is 326 g/mol. The predicted molar refractivity (Wildman–Crippen MR) is 85.3 cm³/mol. The SMILES string of the molecule is CC(C)C(NC(=O)O)c1cnn(C[C@H]2CCN(C)C2)c1.O=CO. The Balaban J connectivity index is 0.000000816. The van der Waals surface area contributed by atoms with Crippen molar-refractivity contribution in [2.24, 2.45) is 11.8 Å². The first-order valence-electron chi connectivity index (χ1n) is 7.65. The van der Waals surface area contributed by atoms with Crippen molar-refractivity contribution >= 4 is 12.6 Å². The molecule has 0 radical (unpaired) electrons. The second kappa shape index (κ2) is 9.14. The van der Waals surface area contributed by atoms with Gasteiger partial charge in [-0.15, -0.1) is 0 Å². The van der Waals surface area contributed by atoms with E-state index < -0.39 is 6.09 Å². The average Bonchev–Trinajstić information content (AvgIpc) is 3.06. The Hall–Kier alpha value is -2.09. The quantitative estimate of drug-likeness (QED) is 0.708. The lowest BCUT2D eigenvalue weighted by Gasteiger charge is -2.19. The third-order valence-corrected chi connectivity index (χ3v) is 3.89. The van der Waals surface area contributed by atoms with E-state index in [0.717, 1.165) is 25.2 Å². The smallest absolute Gasteiger partial charge is 0.405 e. The molecule has 2 atom stereocenters. The molecule has 1 aromatic rings. The van der Waals surface area contributed by atoms with E-state index in [0.29, 0.717) is 5.92 Å². The van der Waals surface area contributed by atoms with Gasteiger partial charge in [-0.1, -0.05) is 13.8 Å². The summed E-state index contributed by atoms with van der Waals surface area (Å²) in [6, 6.07) is -0.201. The molecule has 1 amide bonds. The van der Waals surface area contributed by atoms with Crippen LogP contribution in [0.3, 0.4) is 0 Å². The summed E-state index contributed by atoms with van der Waals surface area (Å²) in [5, 5.41) is 22.8. The Morgan fingerprint density at radius 3 is 2.70 bits per heavy atom. The molecule has 1 unspecified atom stereocenters. The Morgan fingerprint density at radius 1 is 1.57 bits per heavy atom. The molecule has 3 N–H and O–H groups in total. The van der Waals surface area contributed by atoms with Crippen LogP contribution in [0.1, 0.15) is 31.9 Å². The Kier molecular flexibility index (Phi) is 7.53. The number of nitrogens with one attached hydrogen (secondary N) is 1. The molecule has 1 aliphatic rings. The fourth-order valence-electron chi connectivity index (χ4n) is 2.85. The molecule has 1 saturated heterocycles. The summed E-state index contributed by atoms with van der Waals surface area (Å²) in [6.45, 7) is 6.92. The molecule has 1 aromatic heterocycles. The summed E-state index contributed by atoms with van der Waals surface area (Å²) in [6.07, 6.45) is 3.96. The van der Waals surface area contributed by atoms with Crippen LogP contribution in [-0.4, -0.2) is 57.6 Å². The maximum absolute atomic E-state index is 10.9. The molecule has 8 nitrogen and oxygen atoms in total. The van der Waals surface area contributed by atoms with E-state index in [2.05, 4.69) is 22.4 Å². The van der Waals surface area contributed by atoms with E-state index in [4.69, 9.17) is 15.0 Å². The third-order valence-electron chi connectivity index (χ3n) is 3.89. The number of hydrogen-bond acceptors (Lipinski definition) is 4. The van der Waals surface area contributed by atoms with Crippen LogP contribution in [0.25, 0.3) is 0 Å². The molecule has 0 spiro atoms. The van der Waals surface area contributed by atoms with Gasteiger partial charge in [-0.25, -0.2) is 4.79 Å². The highest BCUT2D eigenvalue weighted by Crippen LogP contribution is 2.22. The molecule has 1 fully saturated rings. The van der Waals surface area contributed by atoms with E-state index in [1.807, 2.05) is 24.7 Å². The van der Waals surface area contributed by atoms with Crippen molar-refractivity contribution in [2.45, 2.75) is 32.9 Å². The first-order valence-corrected chi connectivity index (χ1v) is 7.65. The van der Waals surface area contributed by atoms with Gasteiger partial charge in [0.1, 0.15) is 0 Å². The van der Waals surface area contributed by atoms with Crippen LogP contribution in [0.4, 0.5) is 4.79 Å². The van der Waals surface area contributed by atoms with Gasteiger partial charge in [0.15, 0.2) is 0 Å². The highest BCUT2D eigenvalue weighted by Gasteiger charge is 2.22. The van der Waals surface area contributed by atoms with E-state index in [1.165, 1.54) is 6.42 Å². The first-order chi connectivity index (χ1) is 10.9. The summed E-state index contributed by atoms with van der Waals surface area (Å²) in [5.74, 6) is 0.832. The lowest BCUT2D eigenvalue weighted by molar-refractivity contribution is -0.122. The molecule has 2 rings (SSSR count). The van der Waals surface area contributed by atoms with Gasteiger partial charge in [0.2, 0.25) is 0 Å². The third kappa shape index (κ3) is 6.27. The summed E-state index contributed by atoms with van der Waals surface area (Å²) >= 11 is 0. The molecular formula is C15H26N4O4. The van der Waals surface area contributed by atoms with Gasteiger partial charge in [0, 0.05) is 24.8 Å². The number of nitrogens with zero attached hydrogens (tertiary/aromatic N) is 3. The van der Waals surface area contributed by atoms with Crippen LogP contribution in [-0.2, 0) is 11.3 Å². The largest absolute Gasteiger partial charge is 0.483 e. The predicted octanol–water partition coefficient (Wildman–Crippen LogP) is 1.50. The topological polar surface area (TPSA) is 108 Å². The van der Waals surface area contributed by atoms with Crippen LogP contribution in [0.15, 0.2) is 12.4 Å². The molecule has 23 heavy (non-hydrogen) atoms. The van der Waals surface area contributed by atoms with E-state index in [-0.39, 0.29) is 18.4 Å². The van der Waals surface area contributed by atoms with Crippen LogP contribution in [0.5, 0.6) is 0 Å². The number of aromatic nitrogens is 2. The second-order valence-electron chi connectivity index (χ2n) is 6.19. The zero-order chi connectivity index (χ0) is 17.4. The maximum Gasteiger partial charge on any atom is 0.405 e. The molecule has 0 aromatic carbocycles. The molecule has 1 aliphatic heterocycles. The number of carboxylic acid groups (broad SMARTS) is 2. The lowest BCUT2D eigenvalue weighted by Crippen LogP contribution is -2.30. The number of amides is 1. The minimum Gasteiger partial charge on any atom is -0.483 e. The van der Waals surface area contributed by atoms with Gasteiger partial charge >= 0.3 is 6.09 Å². The standard InChI is InChI=1S/C14H24N4O2.CH2O2/c1-10(2)13(16-14(19)20)12-6-15-18(9-12)8-11-4-5-17(3)7-11;2-1-3/h6,9-11,13,16H,4-5,7-8H2,1-3H3,(H,19,20);1H,(H,2,3)/t11-,13?;/m0./s1. The first kappa shape index (κ1) is 19.0. The average molecular weight is 326 g/mol. The van der Waals surface area contributed by atoms with Crippen LogP contribution in [0.2, 0.25) is 0 Å². The van der Waals surface area contributed by atoms with Crippen LogP contribution < -0.4 is 5.32 Å². The van der Waals surface area contributed by atoms with E-state index in [1.54, 1.807) is 6.20 Å². The van der Waals surface area contributed by atoms with Crippen molar-refractivity contribution in [1.29, 1.82) is 0 Å². The normalized spacial score (nSPS) is 19.0. The van der Waals surface area contributed by atoms with Gasteiger partial charge in [0.05, 0.1) is 12.2 Å². The molecular weight excluding hydrogens is 300 g/mol. The van der Waals surface area contributed by atoms with E-state index in [9.17, 15) is 4.79 Å².